The number of piperazine rings is 1. The summed E-state index contributed by atoms with van der Waals surface area (Å²) in [5.41, 5.74) is 3.27. The van der Waals surface area contributed by atoms with E-state index in [1.807, 2.05) is 32.4 Å². The van der Waals surface area contributed by atoms with Gasteiger partial charge in [0, 0.05) is 37.7 Å². The van der Waals surface area contributed by atoms with Crippen molar-refractivity contribution >= 4 is 17.5 Å². The SMILES string of the molecule is C=CC(=O)N1CCN(c2nc(OCC3CCCN3C)nc3c2CCC(OC2C=C(C)[CH]C=C2C)C3=O)CC1CC#N. The summed E-state index contributed by atoms with van der Waals surface area (Å²) in [6.07, 6.45) is 9.96. The van der Waals surface area contributed by atoms with E-state index in [-0.39, 0.29) is 42.3 Å². The lowest BCUT2D eigenvalue weighted by atomic mass is 9.91. The molecule has 4 aliphatic rings. The summed E-state index contributed by atoms with van der Waals surface area (Å²) in [5, 5.41) is 9.46. The number of hydrogen-bond acceptors (Lipinski definition) is 9. The number of likely N-dealkylation sites (N-methyl/N-ethyl adjacent to an activating group) is 1. The molecule has 0 spiro atoms. The summed E-state index contributed by atoms with van der Waals surface area (Å²) < 4.78 is 12.5. The number of allylic oxidation sites excluding steroid dienone is 2. The van der Waals surface area contributed by atoms with Crippen molar-refractivity contribution < 1.29 is 19.1 Å². The zero-order chi connectivity index (χ0) is 29.1. The number of ketones is 1. The molecule has 217 valence electrons. The summed E-state index contributed by atoms with van der Waals surface area (Å²) >= 11 is 0. The maximum atomic E-state index is 13.9. The number of fused-ring (bicyclic) bond motifs is 1. The first-order valence-corrected chi connectivity index (χ1v) is 14.5. The summed E-state index contributed by atoms with van der Waals surface area (Å²) in [5.74, 6) is 0.285. The number of likely N-dealkylation sites (tertiary alicyclic amines) is 1. The Morgan fingerprint density at radius 3 is 2.78 bits per heavy atom. The van der Waals surface area contributed by atoms with Gasteiger partial charge in [0.1, 0.15) is 24.2 Å². The minimum Gasteiger partial charge on any atom is -0.462 e. The van der Waals surface area contributed by atoms with Gasteiger partial charge in [0.2, 0.25) is 11.7 Å². The molecule has 2 aliphatic carbocycles. The lowest BCUT2D eigenvalue weighted by Crippen LogP contribution is -2.55. The molecule has 0 bridgehead atoms. The van der Waals surface area contributed by atoms with E-state index in [0.717, 1.165) is 36.1 Å². The van der Waals surface area contributed by atoms with Crippen molar-refractivity contribution in [1.29, 1.82) is 5.26 Å². The highest BCUT2D eigenvalue weighted by Gasteiger charge is 2.38. The van der Waals surface area contributed by atoms with E-state index in [4.69, 9.17) is 14.5 Å². The average Bonchev–Trinajstić information content (AvgIpc) is 3.39. The molecule has 2 fully saturated rings. The number of ether oxygens (including phenoxy) is 2. The average molecular weight is 560 g/mol. The Balaban J connectivity index is 1.44. The van der Waals surface area contributed by atoms with E-state index in [1.165, 1.54) is 6.08 Å². The third kappa shape index (κ3) is 6.21. The highest BCUT2D eigenvalue weighted by Crippen LogP contribution is 2.34. The normalized spacial score (nSPS) is 26.6. The van der Waals surface area contributed by atoms with Gasteiger partial charge >= 0.3 is 6.01 Å². The van der Waals surface area contributed by atoms with E-state index in [2.05, 4.69) is 34.5 Å². The minimum absolute atomic E-state index is 0.166. The van der Waals surface area contributed by atoms with Gasteiger partial charge in [-0.1, -0.05) is 24.3 Å². The standard InChI is InChI=1S/C31H39N6O4/c1-5-27(38)37-16-15-36(18-22(37)12-13-32)30-24-10-11-25(41-26-17-20(2)8-9-21(26)3)29(39)28(24)33-31(34-30)40-19-23-7-6-14-35(23)4/h5,8-9,17,22-23,25-26H,1,6-7,10-12,14-16,18-19H2,2-4H3. The number of Topliss-reactive ketones (excluding diaryl/α,β-unsaturated/α-hetero) is 1. The molecule has 1 aromatic heterocycles. The molecule has 4 atom stereocenters. The number of aromatic nitrogens is 2. The van der Waals surface area contributed by atoms with Gasteiger partial charge in [-0.05, 0) is 64.8 Å². The molecule has 0 N–H and O–H groups in total. The van der Waals surface area contributed by atoms with E-state index >= 15 is 0 Å². The van der Waals surface area contributed by atoms with Crippen LogP contribution in [0.3, 0.4) is 0 Å². The predicted octanol–water partition coefficient (Wildman–Crippen LogP) is 3.06. The van der Waals surface area contributed by atoms with Crippen LogP contribution < -0.4 is 9.64 Å². The number of carbonyl (C=O) groups excluding carboxylic acids is 2. The lowest BCUT2D eigenvalue weighted by molar-refractivity contribution is -0.128. The van der Waals surface area contributed by atoms with Gasteiger partial charge in [-0.2, -0.15) is 15.2 Å². The highest BCUT2D eigenvalue weighted by atomic mass is 16.5. The molecule has 10 nitrogen and oxygen atoms in total. The smallest absolute Gasteiger partial charge is 0.319 e. The Bertz CT molecular complexity index is 1300. The zero-order valence-electron chi connectivity index (χ0n) is 24.2. The molecule has 4 unspecified atom stereocenters. The van der Waals surface area contributed by atoms with Crippen LogP contribution in [0.5, 0.6) is 6.01 Å². The molecule has 1 amide bonds. The van der Waals surface area contributed by atoms with Crippen molar-refractivity contribution in [1.82, 2.24) is 19.8 Å². The van der Waals surface area contributed by atoms with Crippen molar-refractivity contribution in [2.75, 3.05) is 44.7 Å². The first kappa shape index (κ1) is 29.0. The van der Waals surface area contributed by atoms with Crippen molar-refractivity contribution in [3.8, 4) is 12.1 Å². The second-order valence-electron chi connectivity index (χ2n) is 11.4. The van der Waals surface area contributed by atoms with E-state index in [9.17, 15) is 14.9 Å². The molecular weight excluding hydrogens is 520 g/mol. The summed E-state index contributed by atoms with van der Waals surface area (Å²) in [4.78, 5) is 41.8. The van der Waals surface area contributed by atoms with Crippen LogP contribution in [0.15, 0.2) is 36.0 Å². The fraction of sp³-hybridized carbons (Fsp3) is 0.548. The van der Waals surface area contributed by atoms with Crippen molar-refractivity contribution in [3.63, 3.8) is 0 Å². The van der Waals surface area contributed by atoms with Crippen LogP contribution in [0.1, 0.15) is 55.6 Å². The van der Waals surface area contributed by atoms with Crippen LogP contribution in [0.2, 0.25) is 0 Å². The number of anilines is 1. The fourth-order valence-corrected chi connectivity index (χ4v) is 6.10. The van der Waals surface area contributed by atoms with Crippen LogP contribution in [0.4, 0.5) is 5.82 Å². The molecule has 1 aromatic rings. The highest BCUT2D eigenvalue weighted by molar-refractivity contribution is 6.01. The molecule has 1 radical (unpaired) electrons. The van der Waals surface area contributed by atoms with Crippen molar-refractivity contribution in [3.05, 3.63) is 53.6 Å². The van der Waals surface area contributed by atoms with Crippen LogP contribution in [0.25, 0.3) is 0 Å². The summed E-state index contributed by atoms with van der Waals surface area (Å²) in [7, 11) is 2.08. The molecule has 5 rings (SSSR count). The van der Waals surface area contributed by atoms with Crippen molar-refractivity contribution in [2.24, 2.45) is 0 Å². The van der Waals surface area contributed by atoms with E-state index in [0.29, 0.717) is 50.6 Å². The van der Waals surface area contributed by atoms with Gasteiger partial charge in [-0.15, -0.1) is 0 Å². The van der Waals surface area contributed by atoms with Gasteiger partial charge in [-0.3, -0.25) is 9.59 Å². The van der Waals surface area contributed by atoms with Crippen molar-refractivity contribution in [2.45, 2.75) is 70.2 Å². The van der Waals surface area contributed by atoms with Gasteiger partial charge in [0.25, 0.3) is 0 Å². The summed E-state index contributed by atoms with van der Waals surface area (Å²) in [6, 6.07) is 2.34. The Hall–Kier alpha value is -3.55. The molecule has 0 aromatic carbocycles. The maximum absolute atomic E-state index is 13.9. The molecule has 41 heavy (non-hydrogen) atoms. The molecule has 3 heterocycles. The Morgan fingerprint density at radius 1 is 1.22 bits per heavy atom. The second kappa shape index (κ2) is 12.5. The van der Waals surface area contributed by atoms with Gasteiger partial charge in [-0.25, -0.2) is 0 Å². The van der Waals surface area contributed by atoms with Crippen LogP contribution >= 0.6 is 0 Å². The van der Waals surface area contributed by atoms with E-state index < -0.39 is 6.10 Å². The molecular formula is C31H39N6O4. The molecule has 10 heteroatoms. The van der Waals surface area contributed by atoms with Crippen LogP contribution in [0, 0.1) is 17.8 Å². The Morgan fingerprint density at radius 2 is 2.05 bits per heavy atom. The van der Waals surface area contributed by atoms with Crippen LogP contribution in [-0.2, 0) is 16.0 Å². The first-order valence-electron chi connectivity index (χ1n) is 14.5. The van der Waals surface area contributed by atoms with E-state index in [1.54, 1.807) is 4.90 Å². The number of nitrogens with zero attached hydrogens (tertiary/aromatic N) is 6. The monoisotopic (exact) mass is 559 g/mol. The van der Waals surface area contributed by atoms with Crippen LogP contribution in [-0.4, -0.2) is 95.6 Å². The molecule has 2 saturated heterocycles. The maximum Gasteiger partial charge on any atom is 0.319 e. The third-order valence-electron chi connectivity index (χ3n) is 8.57. The lowest BCUT2D eigenvalue weighted by Gasteiger charge is -2.41. The van der Waals surface area contributed by atoms with Gasteiger partial charge in [0.05, 0.1) is 24.6 Å². The first-order chi connectivity index (χ1) is 19.8. The number of hydrogen-bond donors (Lipinski definition) is 0. The number of carbonyl (C=O) groups is 2. The van der Waals surface area contributed by atoms with Gasteiger partial charge < -0.3 is 24.2 Å². The topological polar surface area (TPSA) is 112 Å². The summed E-state index contributed by atoms with van der Waals surface area (Å²) in [6.45, 7) is 10.5. The number of amides is 1. The molecule has 0 saturated carbocycles. The second-order valence-corrected chi connectivity index (χ2v) is 11.4. The quantitative estimate of drug-likeness (QED) is 0.444. The largest absolute Gasteiger partial charge is 0.462 e. The Labute approximate surface area is 242 Å². The number of nitriles is 1. The minimum atomic E-state index is -0.622. The fourth-order valence-electron chi connectivity index (χ4n) is 6.10. The molecule has 2 aliphatic heterocycles. The van der Waals surface area contributed by atoms with Gasteiger partial charge in [0.15, 0.2) is 0 Å². The zero-order valence-corrected chi connectivity index (χ0v) is 24.2. The predicted molar refractivity (Wildman–Crippen MR) is 154 cm³/mol. The Kier molecular flexibility index (Phi) is 8.85. The third-order valence-corrected chi connectivity index (χ3v) is 8.57. The number of rotatable bonds is 8.